The van der Waals surface area contributed by atoms with Crippen LogP contribution < -0.4 is 5.73 Å². The van der Waals surface area contributed by atoms with Crippen LogP contribution in [0.25, 0.3) is 5.69 Å². The Balaban J connectivity index is 1.61. The predicted octanol–water partition coefficient (Wildman–Crippen LogP) is 2.00. The van der Waals surface area contributed by atoms with Crippen LogP contribution in [0.3, 0.4) is 0 Å². The largest absolute Gasteiger partial charge is 0.342 e. The summed E-state index contributed by atoms with van der Waals surface area (Å²) in [7, 11) is 0. The molecule has 0 bridgehead atoms. The maximum absolute atomic E-state index is 12.5. The Kier molecular flexibility index (Phi) is 4.76. The lowest BCUT2D eigenvalue weighted by molar-refractivity contribution is -0.132. The Bertz CT molecular complexity index is 634. The van der Waals surface area contributed by atoms with E-state index in [0.717, 1.165) is 37.2 Å². The van der Waals surface area contributed by atoms with Gasteiger partial charge in [-0.05, 0) is 49.4 Å². The summed E-state index contributed by atoms with van der Waals surface area (Å²) in [4.78, 5) is 14.5. The molecule has 2 N–H and O–H groups in total. The predicted molar refractivity (Wildman–Crippen MR) is 90.2 cm³/mol. The maximum atomic E-state index is 12.5. The van der Waals surface area contributed by atoms with Gasteiger partial charge in [0.05, 0.1) is 12.1 Å². The van der Waals surface area contributed by atoms with E-state index in [1.54, 1.807) is 6.20 Å². The summed E-state index contributed by atoms with van der Waals surface area (Å²) >= 11 is 0. The van der Waals surface area contributed by atoms with Crippen molar-refractivity contribution in [1.29, 1.82) is 0 Å². The number of carbonyl (C=O) groups is 1. The van der Waals surface area contributed by atoms with Crippen molar-refractivity contribution < 1.29 is 4.79 Å². The highest BCUT2D eigenvalue weighted by atomic mass is 16.2. The molecule has 0 radical (unpaired) electrons. The first-order valence-corrected chi connectivity index (χ1v) is 8.26. The number of hydrogen-bond acceptors (Lipinski definition) is 3. The molecule has 2 heterocycles. The lowest BCUT2D eigenvalue weighted by Gasteiger charge is -2.34. The Hall–Kier alpha value is -2.14. The highest BCUT2D eigenvalue weighted by Crippen LogP contribution is 2.20. The molecule has 0 unspecified atom stereocenters. The molecule has 5 nitrogen and oxygen atoms in total. The molecule has 3 rings (SSSR count). The minimum absolute atomic E-state index is 0.152. The van der Waals surface area contributed by atoms with Crippen molar-refractivity contribution in [3.8, 4) is 5.69 Å². The Morgan fingerprint density at radius 3 is 2.83 bits per heavy atom. The highest BCUT2D eigenvalue weighted by molar-refractivity contribution is 5.79. The SMILES string of the molecule is C[C@H](N)[C@@H]1CCCN(C(=O)Cc2ccc(-n3cccn3)cc2)C1. The minimum atomic E-state index is 0.152. The van der Waals surface area contributed by atoms with Crippen LogP contribution >= 0.6 is 0 Å². The Morgan fingerprint density at radius 1 is 1.39 bits per heavy atom. The van der Waals surface area contributed by atoms with Crippen molar-refractivity contribution in [3.63, 3.8) is 0 Å². The monoisotopic (exact) mass is 312 g/mol. The van der Waals surface area contributed by atoms with Crippen LogP contribution in [0.2, 0.25) is 0 Å². The molecule has 1 amide bonds. The van der Waals surface area contributed by atoms with E-state index in [2.05, 4.69) is 5.10 Å². The zero-order valence-corrected chi connectivity index (χ0v) is 13.6. The first-order chi connectivity index (χ1) is 11.1. The molecule has 1 saturated heterocycles. The number of amides is 1. The molecule has 5 heteroatoms. The van der Waals surface area contributed by atoms with Crippen LogP contribution in [-0.2, 0) is 11.2 Å². The summed E-state index contributed by atoms with van der Waals surface area (Å²) in [6.45, 7) is 3.68. The van der Waals surface area contributed by atoms with Crippen LogP contribution in [0.5, 0.6) is 0 Å². The van der Waals surface area contributed by atoms with Gasteiger partial charge in [0, 0.05) is 31.5 Å². The quantitative estimate of drug-likeness (QED) is 0.939. The van der Waals surface area contributed by atoms with E-state index in [0.29, 0.717) is 12.3 Å². The summed E-state index contributed by atoms with van der Waals surface area (Å²) in [6, 6.07) is 10.0. The highest BCUT2D eigenvalue weighted by Gasteiger charge is 2.25. The van der Waals surface area contributed by atoms with Gasteiger partial charge in [-0.25, -0.2) is 4.68 Å². The van der Waals surface area contributed by atoms with Gasteiger partial charge in [0.2, 0.25) is 5.91 Å². The summed E-state index contributed by atoms with van der Waals surface area (Å²) < 4.78 is 1.81. The molecule has 2 aromatic rings. The van der Waals surface area contributed by atoms with Crippen molar-refractivity contribution in [2.24, 2.45) is 11.7 Å². The second-order valence-corrected chi connectivity index (χ2v) is 6.40. The molecular formula is C18H24N4O. The van der Waals surface area contributed by atoms with Gasteiger partial charge in [0.1, 0.15) is 0 Å². The Morgan fingerprint density at radius 2 is 2.17 bits per heavy atom. The van der Waals surface area contributed by atoms with E-state index in [-0.39, 0.29) is 11.9 Å². The van der Waals surface area contributed by atoms with Crippen LogP contribution in [0.15, 0.2) is 42.7 Å². The third kappa shape index (κ3) is 3.79. The molecule has 122 valence electrons. The molecule has 1 aromatic carbocycles. The molecule has 0 spiro atoms. The van der Waals surface area contributed by atoms with Gasteiger partial charge in [-0.15, -0.1) is 0 Å². The van der Waals surface area contributed by atoms with Crippen molar-refractivity contribution in [2.75, 3.05) is 13.1 Å². The summed E-state index contributed by atoms with van der Waals surface area (Å²) in [5.74, 6) is 0.622. The van der Waals surface area contributed by atoms with E-state index >= 15 is 0 Å². The number of aromatic nitrogens is 2. The second-order valence-electron chi connectivity index (χ2n) is 6.40. The Labute approximate surface area is 137 Å². The van der Waals surface area contributed by atoms with Gasteiger partial charge >= 0.3 is 0 Å². The lowest BCUT2D eigenvalue weighted by atomic mass is 9.92. The molecular weight excluding hydrogens is 288 g/mol. The zero-order chi connectivity index (χ0) is 16.2. The number of rotatable bonds is 4. The molecule has 0 saturated carbocycles. The van der Waals surface area contributed by atoms with Gasteiger partial charge in [-0.2, -0.15) is 5.10 Å². The first kappa shape index (κ1) is 15.7. The number of carbonyl (C=O) groups excluding carboxylic acids is 1. The molecule has 1 fully saturated rings. The van der Waals surface area contributed by atoms with Crippen molar-refractivity contribution in [2.45, 2.75) is 32.2 Å². The summed E-state index contributed by atoms with van der Waals surface area (Å²) in [5, 5.41) is 4.20. The van der Waals surface area contributed by atoms with Gasteiger partial charge in [0.25, 0.3) is 0 Å². The molecule has 2 atom stereocenters. The van der Waals surface area contributed by atoms with Crippen molar-refractivity contribution >= 4 is 5.91 Å². The fraction of sp³-hybridized carbons (Fsp3) is 0.444. The smallest absolute Gasteiger partial charge is 0.226 e. The average molecular weight is 312 g/mol. The number of piperidine rings is 1. The van der Waals surface area contributed by atoms with Gasteiger partial charge < -0.3 is 10.6 Å². The molecule has 1 aliphatic heterocycles. The summed E-state index contributed by atoms with van der Waals surface area (Å²) in [6.07, 6.45) is 6.28. The van der Waals surface area contributed by atoms with Crippen LogP contribution in [0, 0.1) is 5.92 Å². The zero-order valence-electron chi connectivity index (χ0n) is 13.6. The normalized spacial score (nSPS) is 19.6. The second kappa shape index (κ2) is 6.96. The van der Waals surface area contributed by atoms with Crippen molar-refractivity contribution in [3.05, 3.63) is 48.3 Å². The fourth-order valence-electron chi connectivity index (χ4n) is 3.14. The van der Waals surface area contributed by atoms with Crippen LogP contribution in [0.1, 0.15) is 25.3 Å². The van der Waals surface area contributed by atoms with E-state index in [1.165, 1.54) is 0 Å². The number of likely N-dealkylation sites (tertiary alicyclic amines) is 1. The van der Waals surface area contributed by atoms with E-state index < -0.39 is 0 Å². The van der Waals surface area contributed by atoms with Crippen LogP contribution in [-0.4, -0.2) is 39.7 Å². The third-order valence-electron chi connectivity index (χ3n) is 4.61. The standard InChI is InChI=1S/C18H24N4O/c1-14(19)16-4-2-10-21(13-16)18(23)12-15-5-7-17(8-6-15)22-11-3-9-20-22/h3,5-9,11,14,16H,2,4,10,12-13,19H2,1H3/t14-,16+/m0/s1. The number of nitrogens with two attached hydrogens (primary N) is 1. The minimum Gasteiger partial charge on any atom is -0.342 e. The maximum Gasteiger partial charge on any atom is 0.226 e. The van der Waals surface area contributed by atoms with E-state index in [1.807, 2.05) is 53.0 Å². The van der Waals surface area contributed by atoms with E-state index in [9.17, 15) is 4.79 Å². The van der Waals surface area contributed by atoms with E-state index in [4.69, 9.17) is 5.73 Å². The fourth-order valence-corrected chi connectivity index (χ4v) is 3.14. The molecule has 1 aliphatic rings. The summed E-state index contributed by atoms with van der Waals surface area (Å²) in [5.41, 5.74) is 8.04. The van der Waals surface area contributed by atoms with Crippen LogP contribution in [0.4, 0.5) is 0 Å². The molecule has 0 aliphatic carbocycles. The average Bonchev–Trinajstić information content (AvgIpc) is 3.10. The lowest BCUT2D eigenvalue weighted by Crippen LogP contribution is -2.45. The first-order valence-electron chi connectivity index (χ1n) is 8.26. The number of benzene rings is 1. The molecule has 1 aromatic heterocycles. The third-order valence-corrected chi connectivity index (χ3v) is 4.61. The topological polar surface area (TPSA) is 64.2 Å². The molecule has 23 heavy (non-hydrogen) atoms. The van der Waals surface area contributed by atoms with Gasteiger partial charge in [-0.1, -0.05) is 12.1 Å². The van der Waals surface area contributed by atoms with Gasteiger partial charge in [-0.3, -0.25) is 4.79 Å². The number of nitrogens with zero attached hydrogens (tertiary/aromatic N) is 3. The van der Waals surface area contributed by atoms with Crippen molar-refractivity contribution in [1.82, 2.24) is 14.7 Å². The van der Waals surface area contributed by atoms with Gasteiger partial charge in [0.15, 0.2) is 0 Å². The number of hydrogen-bond donors (Lipinski definition) is 1.